The molecule has 0 bridgehead atoms. The highest BCUT2D eigenvalue weighted by Crippen LogP contribution is 2.29. The number of rotatable bonds is 6. The van der Waals surface area contributed by atoms with Gasteiger partial charge in [0, 0.05) is 62.9 Å². The van der Waals surface area contributed by atoms with Gasteiger partial charge in [0.2, 0.25) is 0 Å². The Hall–Kier alpha value is -2.60. The van der Waals surface area contributed by atoms with Crippen LogP contribution in [0.5, 0.6) is 0 Å². The molecular weight excluding hydrogens is 390 g/mol. The van der Waals surface area contributed by atoms with Crippen molar-refractivity contribution in [1.82, 2.24) is 10.2 Å². The van der Waals surface area contributed by atoms with Crippen LogP contribution in [0.4, 0.5) is 5.69 Å². The third-order valence-corrected chi connectivity index (χ3v) is 6.51. The monoisotopic (exact) mass is 423 g/mol. The maximum absolute atomic E-state index is 12.7. The van der Waals surface area contributed by atoms with Crippen LogP contribution in [0, 0.1) is 13.8 Å². The van der Waals surface area contributed by atoms with E-state index in [1.54, 1.807) is 0 Å². The lowest BCUT2D eigenvalue weighted by atomic mass is 9.94. The molecule has 166 valence electrons. The minimum Gasteiger partial charge on any atom is -0.455 e. The number of Topliss-reactive ketones (excluding diaryl/α,β-unsaturated/α-hetero) is 1. The standard InChI is InChI=1S/C25H33N3O3/c1-17-6-4-7-20(16-17)28-14-12-27(13-15-28)11-10-18(2)26-25(30)24-19(3)23-21(29)8-5-9-22(23)31-24/h4,6-7,16,18H,5,8-15H2,1-3H3,(H,26,30)/t18-/m1/s1. The second kappa shape index (κ2) is 9.27. The summed E-state index contributed by atoms with van der Waals surface area (Å²) in [6.07, 6.45) is 2.96. The van der Waals surface area contributed by atoms with Gasteiger partial charge in [-0.15, -0.1) is 0 Å². The van der Waals surface area contributed by atoms with E-state index in [9.17, 15) is 9.59 Å². The van der Waals surface area contributed by atoms with Crippen molar-refractivity contribution in [2.75, 3.05) is 37.6 Å². The molecule has 0 spiro atoms. The van der Waals surface area contributed by atoms with E-state index in [1.807, 2.05) is 13.8 Å². The molecule has 2 aliphatic rings. The molecule has 6 heteroatoms. The molecule has 1 aliphatic heterocycles. The number of fused-ring (bicyclic) bond motifs is 1. The zero-order chi connectivity index (χ0) is 22.0. The average Bonchev–Trinajstić information content (AvgIpc) is 3.10. The number of piperazine rings is 1. The minimum absolute atomic E-state index is 0.0412. The van der Waals surface area contributed by atoms with E-state index < -0.39 is 0 Å². The maximum Gasteiger partial charge on any atom is 0.287 e. The van der Waals surface area contributed by atoms with Gasteiger partial charge in [-0.1, -0.05) is 12.1 Å². The molecule has 1 saturated heterocycles. The summed E-state index contributed by atoms with van der Waals surface area (Å²) < 4.78 is 5.78. The summed E-state index contributed by atoms with van der Waals surface area (Å²) in [5.41, 5.74) is 3.92. The van der Waals surface area contributed by atoms with Crippen molar-refractivity contribution in [2.45, 2.75) is 52.5 Å². The van der Waals surface area contributed by atoms with Crippen molar-refractivity contribution in [3.05, 3.63) is 52.5 Å². The molecule has 31 heavy (non-hydrogen) atoms. The number of benzene rings is 1. The molecule has 1 aliphatic carbocycles. The number of ketones is 1. The van der Waals surface area contributed by atoms with E-state index >= 15 is 0 Å². The Morgan fingerprint density at radius 1 is 1.16 bits per heavy atom. The number of nitrogens with one attached hydrogen (secondary N) is 1. The quantitative estimate of drug-likeness (QED) is 0.767. The lowest BCUT2D eigenvalue weighted by molar-refractivity contribution is 0.0901. The number of nitrogens with zero attached hydrogens (tertiary/aromatic N) is 2. The normalized spacial score (nSPS) is 18.0. The highest BCUT2D eigenvalue weighted by Gasteiger charge is 2.29. The number of hydrogen-bond donors (Lipinski definition) is 1. The first kappa shape index (κ1) is 21.6. The second-order valence-corrected chi connectivity index (χ2v) is 8.96. The summed E-state index contributed by atoms with van der Waals surface area (Å²) in [6.45, 7) is 11.0. The molecule has 1 amide bonds. The molecule has 1 N–H and O–H groups in total. The van der Waals surface area contributed by atoms with Gasteiger partial charge < -0.3 is 14.6 Å². The summed E-state index contributed by atoms with van der Waals surface area (Å²) in [6, 6.07) is 8.72. The fraction of sp³-hybridized carbons (Fsp3) is 0.520. The molecular formula is C25H33N3O3. The van der Waals surface area contributed by atoms with Crippen LogP contribution >= 0.6 is 0 Å². The number of carbonyl (C=O) groups excluding carboxylic acids is 2. The van der Waals surface area contributed by atoms with Gasteiger partial charge in [-0.25, -0.2) is 0 Å². The van der Waals surface area contributed by atoms with Gasteiger partial charge in [-0.05, 0) is 51.3 Å². The van der Waals surface area contributed by atoms with E-state index in [4.69, 9.17) is 4.42 Å². The summed E-state index contributed by atoms with van der Waals surface area (Å²) in [5, 5.41) is 3.06. The number of furan rings is 1. The SMILES string of the molecule is Cc1cccc(N2CCN(CC[C@@H](C)NC(=O)c3oc4c(c3C)C(=O)CCC4)CC2)c1. The van der Waals surface area contributed by atoms with Crippen molar-refractivity contribution in [3.8, 4) is 0 Å². The highest BCUT2D eigenvalue weighted by atomic mass is 16.4. The van der Waals surface area contributed by atoms with Crippen LogP contribution in [0.3, 0.4) is 0 Å². The minimum atomic E-state index is -0.212. The van der Waals surface area contributed by atoms with Gasteiger partial charge in [0.25, 0.3) is 5.91 Å². The molecule has 0 saturated carbocycles. The van der Waals surface area contributed by atoms with Crippen LogP contribution in [-0.4, -0.2) is 55.4 Å². The van der Waals surface area contributed by atoms with Gasteiger partial charge in [0.15, 0.2) is 11.5 Å². The first-order valence-corrected chi connectivity index (χ1v) is 11.4. The predicted octanol–water partition coefficient (Wildman–Crippen LogP) is 3.75. The van der Waals surface area contributed by atoms with E-state index in [-0.39, 0.29) is 17.7 Å². The van der Waals surface area contributed by atoms with E-state index in [0.29, 0.717) is 29.1 Å². The van der Waals surface area contributed by atoms with Crippen molar-refractivity contribution >= 4 is 17.4 Å². The smallest absolute Gasteiger partial charge is 0.287 e. The summed E-state index contributed by atoms with van der Waals surface area (Å²) >= 11 is 0. The van der Waals surface area contributed by atoms with Crippen LogP contribution in [0.2, 0.25) is 0 Å². The zero-order valence-corrected chi connectivity index (χ0v) is 18.9. The highest BCUT2D eigenvalue weighted by molar-refractivity contribution is 6.03. The molecule has 1 fully saturated rings. The van der Waals surface area contributed by atoms with Gasteiger partial charge in [-0.3, -0.25) is 14.5 Å². The Labute approximate surface area is 184 Å². The van der Waals surface area contributed by atoms with E-state index in [1.165, 1.54) is 11.3 Å². The third-order valence-electron chi connectivity index (χ3n) is 6.51. The van der Waals surface area contributed by atoms with Gasteiger partial charge in [0.05, 0.1) is 5.56 Å². The number of anilines is 1. The van der Waals surface area contributed by atoms with Gasteiger partial charge >= 0.3 is 0 Å². The Bertz CT molecular complexity index is 957. The molecule has 4 rings (SSSR count). The third kappa shape index (κ3) is 4.85. The fourth-order valence-corrected chi connectivity index (χ4v) is 4.66. The van der Waals surface area contributed by atoms with Crippen LogP contribution < -0.4 is 10.2 Å². The molecule has 0 unspecified atom stereocenters. The fourth-order valence-electron chi connectivity index (χ4n) is 4.66. The number of aryl methyl sites for hydroxylation is 2. The van der Waals surface area contributed by atoms with Crippen molar-refractivity contribution in [1.29, 1.82) is 0 Å². The van der Waals surface area contributed by atoms with E-state index in [2.05, 4.69) is 46.3 Å². The number of carbonyl (C=O) groups is 2. The lowest BCUT2D eigenvalue weighted by Crippen LogP contribution is -2.47. The van der Waals surface area contributed by atoms with Crippen LogP contribution in [0.15, 0.2) is 28.7 Å². The Morgan fingerprint density at radius 2 is 1.94 bits per heavy atom. The van der Waals surface area contributed by atoms with Crippen molar-refractivity contribution in [2.24, 2.45) is 0 Å². The first-order chi connectivity index (χ1) is 14.9. The maximum atomic E-state index is 12.7. The van der Waals surface area contributed by atoms with Crippen LogP contribution in [0.1, 0.15) is 64.0 Å². The molecule has 1 aromatic carbocycles. The molecule has 6 nitrogen and oxygen atoms in total. The van der Waals surface area contributed by atoms with Gasteiger partial charge in [-0.2, -0.15) is 0 Å². The van der Waals surface area contributed by atoms with E-state index in [0.717, 1.165) is 52.0 Å². The number of hydrogen-bond acceptors (Lipinski definition) is 5. The van der Waals surface area contributed by atoms with Crippen LogP contribution in [-0.2, 0) is 6.42 Å². The van der Waals surface area contributed by atoms with Crippen molar-refractivity contribution in [3.63, 3.8) is 0 Å². The zero-order valence-electron chi connectivity index (χ0n) is 18.9. The summed E-state index contributed by atoms with van der Waals surface area (Å²) in [4.78, 5) is 29.8. The van der Waals surface area contributed by atoms with Crippen molar-refractivity contribution < 1.29 is 14.0 Å². The number of amides is 1. The van der Waals surface area contributed by atoms with Gasteiger partial charge in [0.1, 0.15) is 5.76 Å². The Kier molecular flexibility index (Phi) is 6.46. The summed E-state index contributed by atoms with van der Waals surface area (Å²) in [5.74, 6) is 0.868. The molecule has 2 heterocycles. The molecule has 1 atom stereocenters. The first-order valence-electron chi connectivity index (χ1n) is 11.4. The molecule has 0 radical (unpaired) electrons. The summed E-state index contributed by atoms with van der Waals surface area (Å²) in [7, 11) is 0. The van der Waals surface area contributed by atoms with Crippen LogP contribution in [0.25, 0.3) is 0 Å². The Morgan fingerprint density at radius 3 is 2.65 bits per heavy atom. The topological polar surface area (TPSA) is 65.8 Å². The predicted molar refractivity (Wildman–Crippen MR) is 122 cm³/mol. The molecule has 2 aromatic rings. The molecule has 1 aromatic heterocycles. The Balaban J connectivity index is 1.25. The largest absolute Gasteiger partial charge is 0.455 e. The second-order valence-electron chi connectivity index (χ2n) is 8.96. The average molecular weight is 424 g/mol. The lowest BCUT2D eigenvalue weighted by Gasteiger charge is -2.36.